The first-order chi connectivity index (χ1) is 12.4. The summed E-state index contributed by atoms with van der Waals surface area (Å²) in [6.45, 7) is 6.42. The van der Waals surface area contributed by atoms with E-state index in [0.717, 1.165) is 0 Å². The maximum Gasteiger partial charge on any atom is 0.255 e. The second-order valence-electron chi connectivity index (χ2n) is 6.92. The fourth-order valence-electron chi connectivity index (χ4n) is 2.54. The summed E-state index contributed by atoms with van der Waals surface area (Å²) >= 11 is 0. The lowest BCUT2D eigenvalue weighted by Crippen LogP contribution is -2.14. The smallest absolute Gasteiger partial charge is 0.255 e. The first kappa shape index (κ1) is 17.6. The third-order valence-corrected chi connectivity index (χ3v) is 4.05. The molecule has 0 aliphatic heterocycles. The predicted octanol–water partition coefficient (Wildman–Crippen LogP) is 3.22. The third-order valence-electron chi connectivity index (χ3n) is 4.05. The zero-order chi connectivity index (χ0) is 18.7. The Bertz CT molecular complexity index is 897. The molecule has 0 spiro atoms. The van der Waals surface area contributed by atoms with E-state index in [0.29, 0.717) is 22.7 Å². The number of amides is 1. The summed E-state index contributed by atoms with van der Waals surface area (Å²) in [5.74, 6) is 0.420. The SMILES string of the molecule is COc1ccc(NC(=O)c2ccc(C(C)(C)C)cc2)cc1-n1cnnn1. The molecule has 0 atom stereocenters. The Morgan fingerprint density at radius 3 is 2.42 bits per heavy atom. The second-order valence-corrected chi connectivity index (χ2v) is 6.92. The number of ether oxygens (including phenoxy) is 1. The number of tetrazole rings is 1. The molecular weight excluding hydrogens is 330 g/mol. The van der Waals surface area contributed by atoms with Crippen LogP contribution in [0.3, 0.4) is 0 Å². The van der Waals surface area contributed by atoms with Crippen LogP contribution in [0.2, 0.25) is 0 Å². The van der Waals surface area contributed by atoms with E-state index in [1.165, 1.54) is 16.6 Å². The monoisotopic (exact) mass is 351 g/mol. The van der Waals surface area contributed by atoms with Crippen molar-refractivity contribution >= 4 is 11.6 Å². The van der Waals surface area contributed by atoms with Crippen LogP contribution < -0.4 is 10.1 Å². The number of hydrogen-bond acceptors (Lipinski definition) is 5. The Balaban J connectivity index is 1.82. The summed E-state index contributed by atoms with van der Waals surface area (Å²) in [5.41, 5.74) is 3.09. The molecular formula is C19H21N5O2. The summed E-state index contributed by atoms with van der Waals surface area (Å²) in [5, 5.41) is 14.0. The van der Waals surface area contributed by atoms with Gasteiger partial charge in [-0.3, -0.25) is 4.79 Å². The van der Waals surface area contributed by atoms with E-state index in [2.05, 4.69) is 41.6 Å². The Kier molecular flexibility index (Phi) is 4.71. The Labute approximate surface area is 152 Å². The van der Waals surface area contributed by atoms with Crippen LogP contribution in [0.15, 0.2) is 48.8 Å². The van der Waals surface area contributed by atoms with Crippen molar-refractivity contribution in [2.45, 2.75) is 26.2 Å². The predicted molar refractivity (Wildman–Crippen MR) is 98.8 cm³/mol. The van der Waals surface area contributed by atoms with Gasteiger partial charge in [0.1, 0.15) is 17.8 Å². The average molecular weight is 351 g/mol. The minimum Gasteiger partial charge on any atom is -0.494 e. The van der Waals surface area contributed by atoms with Gasteiger partial charge in [-0.05, 0) is 51.7 Å². The molecule has 2 aromatic carbocycles. The van der Waals surface area contributed by atoms with E-state index >= 15 is 0 Å². The minimum absolute atomic E-state index is 0.0473. The highest BCUT2D eigenvalue weighted by Gasteiger charge is 2.15. The molecule has 0 unspecified atom stereocenters. The Hall–Kier alpha value is -3.22. The van der Waals surface area contributed by atoms with Crippen LogP contribution in [-0.2, 0) is 5.41 Å². The lowest BCUT2D eigenvalue weighted by Gasteiger charge is -2.19. The zero-order valence-corrected chi connectivity index (χ0v) is 15.2. The van der Waals surface area contributed by atoms with Crippen LogP contribution in [0, 0.1) is 0 Å². The number of carbonyl (C=O) groups is 1. The fraction of sp³-hybridized carbons (Fsp3) is 0.263. The molecule has 0 saturated carbocycles. The van der Waals surface area contributed by atoms with Crippen molar-refractivity contribution < 1.29 is 9.53 Å². The van der Waals surface area contributed by atoms with E-state index in [4.69, 9.17) is 4.74 Å². The number of carbonyl (C=O) groups excluding carboxylic acids is 1. The van der Waals surface area contributed by atoms with Gasteiger partial charge in [-0.15, -0.1) is 5.10 Å². The van der Waals surface area contributed by atoms with Gasteiger partial charge in [0.2, 0.25) is 0 Å². The molecule has 1 N–H and O–H groups in total. The van der Waals surface area contributed by atoms with Crippen molar-refractivity contribution in [2.24, 2.45) is 0 Å². The number of nitrogens with one attached hydrogen (secondary N) is 1. The maximum absolute atomic E-state index is 12.5. The number of rotatable bonds is 4. The summed E-state index contributed by atoms with van der Waals surface area (Å²) in [4.78, 5) is 12.5. The first-order valence-electron chi connectivity index (χ1n) is 8.22. The van der Waals surface area contributed by atoms with Gasteiger partial charge >= 0.3 is 0 Å². The molecule has 0 aliphatic carbocycles. The van der Waals surface area contributed by atoms with Crippen molar-refractivity contribution in [1.29, 1.82) is 0 Å². The second kappa shape index (κ2) is 6.95. The number of anilines is 1. The van der Waals surface area contributed by atoms with Gasteiger partial charge in [0.05, 0.1) is 7.11 Å². The van der Waals surface area contributed by atoms with E-state index in [-0.39, 0.29) is 11.3 Å². The molecule has 3 aromatic rings. The average Bonchev–Trinajstić information content (AvgIpc) is 3.15. The minimum atomic E-state index is -0.182. The van der Waals surface area contributed by atoms with Crippen LogP contribution in [-0.4, -0.2) is 33.2 Å². The van der Waals surface area contributed by atoms with Gasteiger partial charge in [0, 0.05) is 11.3 Å². The van der Waals surface area contributed by atoms with Crippen LogP contribution in [0.1, 0.15) is 36.7 Å². The lowest BCUT2D eigenvalue weighted by molar-refractivity contribution is 0.102. The fourth-order valence-corrected chi connectivity index (χ4v) is 2.54. The maximum atomic E-state index is 12.5. The van der Waals surface area contributed by atoms with Crippen molar-refractivity contribution in [2.75, 3.05) is 12.4 Å². The number of aromatic nitrogens is 4. The van der Waals surface area contributed by atoms with Gasteiger partial charge in [0.15, 0.2) is 0 Å². The summed E-state index contributed by atoms with van der Waals surface area (Å²) in [6, 6.07) is 12.9. The molecule has 3 rings (SSSR count). The molecule has 7 heteroatoms. The van der Waals surface area contributed by atoms with Crippen molar-refractivity contribution in [3.05, 3.63) is 59.9 Å². The van der Waals surface area contributed by atoms with Crippen LogP contribution in [0.5, 0.6) is 5.75 Å². The number of methoxy groups -OCH3 is 1. The number of hydrogen-bond donors (Lipinski definition) is 1. The van der Waals surface area contributed by atoms with Gasteiger partial charge in [0.25, 0.3) is 5.91 Å². The molecule has 0 radical (unpaired) electrons. The van der Waals surface area contributed by atoms with Crippen molar-refractivity contribution in [3.8, 4) is 11.4 Å². The van der Waals surface area contributed by atoms with E-state index in [1.54, 1.807) is 25.3 Å². The van der Waals surface area contributed by atoms with Crippen molar-refractivity contribution in [1.82, 2.24) is 20.2 Å². The standard InChI is InChI=1S/C19H21N5O2/c1-19(2,3)14-7-5-13(6-8-14)18(25)21-15-9-10-17(26-4)16(11-15)24-12-20-22-23-24/h5-12H,1-4H3,(H,21,25). The van der Waals surface area contributed by atoms with Gasteiger partial charge in [-0.1, -0.05) is 32.9 Å². The van der Waals surface area contributed by atoms with Crippen molar-refractivity contribution in [3.63, 3.8) is 0 Å². The molecule has 7 nitrogen and oxygen atoms in total. The van der Waals surface area contributed by atoms with Gasteiger partial charge < -0.3 is 10.1 Å². The van der Waals surface area contributed by atoms with Gasteiger partial charge in [-0.25, -0.2) is 0 Å². The van der Waals surface area contributed by atoms with E-state index in [9.17, 15) is 4.79 Å². The highest BCUT2D eigenvalue weighted by molar-refractivity contribution is 6.04. The highest BCUT2D eigenvalue weighted by Crippen LogP contribution is 2.26. The largest absolute Gasteiger partial charge is 0.494 e. The normalized spacial score (nSPS) is 11.2. The number of benzene rings is 2. The summed E-state index contributed by atoms with van der Waals surface area (Å²) in [6.07, 6.45) is 1.47. The highest BCUT2D eigenvalue weighted by atomic mass is 16.5. The number of nitrogens with zero attached hydrogens (tertiary/aromatic N) is 4. The lowest BCUT2D eigenvalue weighted by atomic mass is 9.87. The molecule has 26 heavy (non-hydrogen) atoms. The Morgan fingerprint density at radius 1 is 1.12 bits per heavy atom. The molecule has 1 aromatic heterocycles. The Morgan fingerprint density at radius 2 is 1.85 bits per heavy atom. The molecule has 0 fully saturated rings. The molecule has 1 heterocycles. The quantitative estimate of drug-likeness (QED) is 0.780. The van der Waals surface area contributed by atoms with E-state index < -0.39 is 0 Å². The third kappa shape index (κ3) is 3.72. The summed E-state index contributed by atoms with van der Waals surface area (Å²) in [7, 11) is 1.57. The van der Waals surface area contributed by atoms with Gasteiger partial charge in [-0.2, -0.15) is 4.68 Å². The van der Waals surface area contributed by atoms with Crippen LogP contribution >= 0.6 is 0 Å². The molecule has 0 saturated heterocycles. The molecule has 0 bridgehead atoms. The molecule has 1 amide bonds. The first-order valence-corrected chi connectivity index (χ1v) is 8.22. The topological polar surface area (TPSA) is 81.9 Å². The molecule has 134 valence electrons. The van der Waals surface area contributed by atoms with Crippen LogP contribution in [0.25, 0.3) is 5.69 Å². The summed E-state index contributed by atoms with van der Waals surface area (Å²) < 4.78 is 6.81. The van der Waals surface area contributed by atoms with E-state index in [1.807, 2.05) is 24.3 Å². The molecule has 0 aliphatic rings. The zero-order valence-electron chi connectivity index (χ0n) is 15.2. The van der Waals surface area contributed by atoms with Crippen LogP contribution in [0.4, 0.5) is 5.69 Å².